The van der Waals surface area contributed by atoms with Crippen molar-refractivity contribution in [1.82, 2.24) is 4.31 Å². The van der Waals surface area contributed by atoms with Crippen molar-refractivity contribution in [1.29, 1.82) is 0 Å². The van der Waals surface area contributed by atoms with Crippen molar-refractivity contribution < 1.29 is 32.2 Å². The van der Waals surface area contributed by atoms with E-state index in [0.717, 1.165) is 4.31 Å². The van der Waals surface area contributed by atoms with Gasteiger partial charge in [0.15, 0.2) is 6.10 Å². The fourth-order valence-corrected chi connectivity index (χ4v) is 3.50. The van der Waals surface area contributed by atoms with Crippen molar-refractivity contribution in [3.63, 3.8) is 0 Å². The quantitative estimate of drug-likeness (QED) is 0.636. The van der Waals surface area contributed by atoms with Gasteiger partial charge >= 0.3 is 11.9 Å². The number of hydrogen-bond acceptors (Lipinski definition) is 8. The summed E-state index contributed by atoms with van der Waals surface area (Å²) >= 11 is 0. The van der Waals surface area contributed by atoms with Crippen LogP contribution in [0, 0.1) is 0 Å². The first-order chi connectivity index (χ1) is 12.7. The Kier molecular flexibility index (Phi) is 6.79. The van der Waals surface area contributed by atoms with Crippen LogP contribution in [0.4, 0.5) is 5.69 Å². The molecule has 1 aromatic carbocycles. The lowest BCUT2D eigenvalue weighted by Crippen LogP contribution is -2.37. The molecular weight excluding hydrogens is 376 g/mol. The van der Waals surface area contributed by atoms with Crippen molar-refractivity contribution >= 4 is 27.6 Å². The molecule has 10 heteroatoms. The van der Waals surface area contributed by atoms with E-state index < -0.39 is 28.1 Å². The molecule has 1 aromatic rings. The summed E-state index contributed by atoms with van der Waals surface area (Å²) in [6.07, 6.45) is -1.12. The van der Waals surface area contributed by atoms with Crippen LogP contribution in [0.1, 0.15) is 17.3 Å². The number of hydrogen-bond donors (Lipinski definition) is 0. The Hall–Kier alpha value is -2.17. The lowest BCUT2D eigenvalue weighted by atomic mass is 10.1. The second-order valence-electron chi connectivity index (χ2n) is 6.14. The number of nitrogens with zero attached hydrogens (tertiary/aromatic N) is 2. The van der Waals surface area contributed by atoms with E-state index in [1.54, 1.807) is 6.07 Å². The van der Waals surface area contributed by atoms with E-state index in [9.17, 15) is 18.0 Å². The third-order valence-corrected chi connectivity index (χ3v) is 5.95. The summed E-state index contributed by atoms with van der Waals surface area (Å²) in [4.78, 5) is 26.1. The monoisotopic (exact) mass is 400 g/mol. The van der Waals surface area contributed by atoms with E-state index >= 15 is 0 Å². The molecule has 0 bridgehead atoms. The number of esters is 2. The minimum Gasteiger partial charge on any atom is -0.466 e. The minimum atomic E-state index is -3.74. The lowest BCUT2D eigenvalue weighted by Gasteiger charge is -2.30. The average Bonchev–Trinajstić information content (AvgIpc) is 2.67. The number of rotatable bonds is 6. The summed E-state index contributed by atoms with van der Waals surface area (Å²) in [6, 6.07) is 4.29. The smallest absolute Gasteiger partial charge is 0.346 e. The molecule has 1 fully saturated rings. The number of ether oxygens (including phenoxy) is 3. The zero-order valence-corrected chi connectivity index (χ0v) is 16.6. The van der Waals surface area contributed by atoms with E-state index in [1.807, 2.05) is 4.90 Å². The first kappa shape index (κ1) is 21.1. The number of anilines is 1. The Morgan fingerprint density at radius 3 is 2.41 bits per heavy atom. The number of morpholine rings is 1. The molecule has 0 unspecified atom stereocenters. The molecule has 0 spiro atoms. The standard InChI is InChI=1S/C17H24N2O7S/c1-12(16(20)24-4)26-17(21)14-11-13(27(22,23)18(2)3)5-6-15(14)19-7-9-25-10-8-19/h5-6,11-12H,7-10H2,1-4H3/t12-/m0/s1. The van der Waals surface area contributed by atoms with E-state index in [1.165, 1.54) is 40.3 Å². The largest absolute Gasteiger partial charge is 0.466 e. The van der Waals surface area contributed by atoms with Gasteiger partial charge in [-0.1, -0.05) is 0 Å². The summed E-state index contributed by atoms with van der Waals surface area (Å²) in [5.41, 5.74) is 0.591. The molecule has 0 aliphatic carbocycles. The topological polar surface area (TPSA) is 102 Å². The second-order valence-corrected chi connectivity index (χ2v) is 8.29. The van der Waals surface area contributed by atoms with Gasteiger partial charge in [-0.2, -0.15) is 0 Å². The van der Waals surface area contributed by atoms with E-state index in [-0.39, 0.29) is 10.5 Å². The highest BCUT2D eigenvalue weighted by Gasteiger charge is 2.27. The highest BCUT2D eigenvalue weighted by molar-refractivity contribution is 7.89. The Morgan fingerprint density at radius 2 is 1.85 bits per heavy atom. The number of sulfonamides is 1. The van der Waals surface area contributed by atoms with Gasteiger partial charge in [-0.15, -0.1) is 0 Å². The first-order valence-corrected chi connectivity index (χ1v) is 9.80. The number of methoxy groups -OCH3 is 1. The van der Waals surface area contributed by atoms with E-state index in [0.29, 0.717) is 32.0 Å². The molecule has 0 radical (unpaired) electrons. The van der Waals surface area contributed by atoms with E-state index in [2.05, 4.69) is 4.74 Å². The normalized spacial score (nSPS) is 16.1. The Balaban J connectivity index is 2.45. The summed E-state index contributed by atoms with van der Waals surface area (Å²) in [5, 5.41) is 0. The summed E-state index contributed by atoms with van der Waals surface area (Å²) < 4.78 is 41.0. The van der Waals surface area contributed by atoms with Crippen LogP contribution in [0.25, 0.3) is 0 Å². The molecule has 0 aromatic heterocycles. The average molecular weight is 400 g/mol. The summed E-state index contributed by atoms with van der Waals surface area (Å²) in [7, 11) is 0.262. The molecule has 0 amide bonds. The zero-order valence-electron chi connectivity index (χ0n) is 15.8. The van der Waals surface area contributed by atoms with Gasteiger partial charge in [-0.3, -0.25) is 0 Å². The minimum absolute atomic E-state index is 0.0396. The highest BCUT2D eigenvalue weighted by atomic mass is 32.2. The molecule has 150 valence electrons. The number of benzene rings is 1. The fraction of sp³-hybridized carbons (Fsp3) is 0.529. The Morgan fingerprint density at radius 1 is 1.22 bits per heavy atom. The van der Waals surface area contributed by atoms with Crippen LogP contribution < -0.4 is 4.90 Å². The maximum atomic E-state index is 12.7. The molecule has 2 rings (SSSR count). The molecule has 1 atom stereocenters. The third-order valence-electron chi connectivity index (χ3n) is 4.14. The molecule has 9 nitrogen and oxygen atoms in total. The first-order valence-electron chi connectivity index (χ1n) is 8.36. The van der Waals surface area contributed by atoms with Gasteiger partial charge in [-0.05, 0) is 25.1 Å². The van der Waals surface area contributed by atoms with Gasteiger partial charge in [0.25, 0.3) is 0 Å². The zero-order chi connectivity index (χ0) is 20.2. The van der Waals surface area contributed by atoms with Crippen LogP contribution >= 0.6 is 0 Å². The van der Waals surface area contributed by atoms with Crippen molar-refractivity contribution in [2.45, 2.75) is 17.9 Å². The molecule has 0 saturated carbocycles. The molecule has 1 aliphatic heterocycles. The number of carbonyl (C=O) groups is 2. The predicted molar refractivity (Wildman–Crippen MR) is 97.2 cm³/mol. The van der Waals surface area contributed by atoms with E-state index in [4.69, 9.17) is 9.47 Å². The predicted octanol–water partition coefficient (Wildman–Crippen LogP) is 0.492. The van der Waals surface area contributed by atoms with Crippen molar-refractivity contribution in [3.8, 4) is 0 Å². The molecule has 1 saturated heterocycles. The van der Waals surface area contributed by atoms with Gasteiger partial charge in [0.1, 0.15) is 0 Å². The van der Waals surface area contributed by atoms with Crippen LogP contribution in [0.2, 0.25) is 0 Å². The van der Waals surface area contributed by atoms with Crippen molar-refractivity contribution in [2.24, 2.45) is 0 Å². The molecule has 27 heavy (non-hydrogen) atoms. The second kappa shape index (κ2) is 8.68. The van der Waals surface area contributed by atoms with Gasteiger partial charge < -0.3 is 19.1 Å². The van der Waals surface area contributed by atoms with Crippen LogP contribution in [0.5, 0.6) is 0 Å². The van der Waals surface area contributed by atoms with Gasteiger partial charge in [-0.25, -0.2) is 22.3 Å². The van der Waals surface area contributed by atoms with Crippen LogP contribution in [0.15, 0.2) is 23.1 Å². The fourth-order valence-electron chi connectivity index (χ4n) is 2.57. The third kappa shape index (κ3) is 4.76. The summed E-state index contributed by atoms with van der Waals surface area (Å²) in [6.45, 7) is 3.47. The molecular formula is C17H24N2O7S. The van der Waals surface area contributed by atoms with Crippen molar-refractivity contribution in [2.75, 3.05) is 52.4 Å². The van der Waals surface area contributed by atoms with Crippen molar-refractivity contribution in [3.05, 3.63) is 23.8 Å². The SMILES string of the molecule is COC(=O)[C@H](C)OC(=O)c1cc(S(=O)(=O)N(C)C)ccc1N1CCOCC1. The van der Waals surface area contributed by atoms with Gasteiger partial charge in [0.2, 0.25) is 10.0 Å². The maximum Gasteiger partial charge on any atom is 0.346 e. The van der Waals surface area contributed by atoms with Crippen LogP contribution in [0.3, 0.4) is 0 Å². The Labute approximate surface area is 158 Å². The van der Waals surface area contributed by atoms with Crippen LogP contribution in [-0.4, -0.2) is 78.3 Å². The molecule has 0 N–H and O–H groups in total. The molecule has 1 aliphatic rings. The summed E-state index contributed by atoms with van der Waals surface area (Å²) in [5.74, 6) is -1.50. The van der Waals surface area contributed by atoms with Gasteiger partial charge in [0.05, 0.1) is 36.5 Å². The maximum absolute atomic E-state index is 12.7. The lowest BCUT2D eigenvalue weighted by molar-refractivity contribution is -0.149. The van der Waals surface area contributed by atoms with Crippen LogP contribution in [-0.2, 0) is 29.0 Å². The molecule has 1 heterocycles. The van der Waals surface area contributed by atoms with Gasteiger partial charge in [0, 0.05) is 27.2 Å². The Bertz CT molecular complexity index is 801. The number of carbonyl (C=O) groups excluding carboxylic acids is 2. The highest BCUT2D eigenvalue weighted by Crippen LogP contribution is 2.27.